The summed E-state index contributed by atoms with van der Waals surface area (Å²) in [4.78, 5) is 24.7. The molecule has 11 heteroatoms. The van der Waals surface area contributed by atoms with E-state index in [4.69, 9.17) is 9.47 Å². The normalized spacial score (nSPS) is 30.5. The van der Waals surface area contributed by atoms with Crippen molar-refractivity contribution in [1.29, 1.82) is 0 Å². The van der Waals surface area contributed by atoms with Gasteiger partial charge in [0.05, 0.1) is 23.2 Å². The lowest BCUT2D eigenvalue weighted by Crippen LogP contribution is -2.51. The van der Waals surface area contributed by atoms with Crippen LogP contribution in [0, 0.1) is 5.92 Å². The van der Waals surface area contributed by atoms with E-state index in [1.54, 1.807) is 11.8 Å². The molecule has 1 aromatic rings. The van der Waals surface area contributed by atoms with E-state index in [0.717, 1.165) is 11.7 Å². The van der Waals surface area contributed by atoms with Crippen molar-refractivity contribution in [2.75, 3.05) is 18.8 Å². The van der Waals surface area contributed by atoms with E-state index in [1.807, 2.05) is 0 Å². The number of esters is 2. The Bertz CT molecular complexity index is 819. The van der Waals surface area contributed by atoms with Crippen molar-refractivity contribution in [3.05, 3.63) is 5.69 Å². The maximum absolute atomic E-state index is 12.5. The van der Waals surface area contributed by atoms with E-state index >= 15 is 0 Å². The molecule has 4 rings (SSSR count). The van der Waals surface area contributed by atoms with Crippen molar-refractivity contribution in [3.8, 4) is 0 Å². The van der Waals surface area contributed by atoms with E-state index in [-0.39, 0.29) is 22.6 Å². The molecule has 1 spiro atoms. The molecule has 3 aliphatic rings. The Balaban J connectivity index is 1.63. The number of rotatable bonds is 4. The maximum Gasteiger partial charge on any atom is 0.421 e. The Morgan fingerprint density at radius 3 is 2.64 bits per heavy atom. The topological polar surface area (TPSA) is 116 Å². The highest BCUT2D eigenvalue weighted by molar-refractivity contribution is 7.91. The number of nitrogens with zero attached hydrogens (tertiary/aromatic N) is 3. The number of piperidine rings is 1. The lowest BCUT2D eigenvalue weighted by Gasteiger charge is -2.37. The molecule has 0 radical (unpaired) electrons. The fourth-order valence-corrected chi connectivity index (χ4v) is 6.27. The first-order valence-corrected chi connectivity index (χ1v) is 10.5. The van der Waals surface area contributed by atoms with Crippen LogP contribution in [0.25, 0.3) is 0 Å². The number of hydrogen-bond donors (Lipinski definition) is 0. The quantitative estimate of drug-likeness (QED) is 0.530. The van der Waals surface area contributed by atoms with Gasteiger partial charge in [-0.25, -0.2) is 22.9 Å². The second-order valence-electron chi connectivity index (χ2n) is 6.58. The monoisotopic (exact) mass is 387 g/mol. The summed E-state index contributed by atoms with van der Waals surface area (Å²) < 4.78 is 43.6. The molecule has 0 aromatic carbocycles. The van der Waals surface area contributed by atoms with Crippen molar-refractivity contribution < 1.29 is 27.5 Å². The third-order valence-electron chi connectivity index (χ3n) is 5.03. The van der Waals surface area contributed by atoms with Gasteiger partial charge in [-0.1, -0.05) is 6.92 Å². The first-order chi connectivity index (χ1) is 11.9. The molecule has 2 bridgehead atoms. The van der Waals surface area contributed by atoms with Crippen LogP contribution in [0.15, 0.2) is 5.03 Å². The molecule has 9 nitrogen and oxygen atoms in total. The fraction of sp³-hybridized carbons (Fsp3) is 0.714. The molecular formula is C14H17N3O6S2. The molecule has 3 saturated heterocycles. The van der Waals surface area contributed by atoms with Crippen LogP contribution in [0.5, 0.6) is 0 Å². The van der Waals surface area contributed by atoms with Gasteiger partial charge in [0.15, 0.2) is 14.9 Å². The van der Waals surface area contributed by atoms with Gasteiger partial charge in [0.2, 0.25) is 0 Å². The number of hydrogen-bond acceptors (Lipinski definition) is 10. The molecule has 4 heterocycles. The average Bonchev–Trinajstić information content (AvgIpc) is 3.22. The second kappa shape index (κ2) is 5.71. The molecule has 3 atom stereocenters. The number of sulfone groups is 1. The van der Waals surface area contributed by atoms with Crippen LogP contribution in [0.4, 0.5) is 0 Å². The zero-order chi connectivity index (χ0) is 17.8. The Kier molecular flexibility index (Phi) is 3.85. The first-order valence-electron chi connectivity index (χ1n) is 8.13. The number of ether oxygens (including phenoxy) is 2. The van der Waals surface area contributed by atoms with Crippen molar-refractivity contribution in [2.24, 2.45) is 5.92 Å². The molecular weight excluding hydrogens is 370 g/mol. The highest BCUT2D eigenvalue weighted by Crippen LogP contribution is 2.48. The van der Waals surface area contributed by atoms with Crippen LogP contribution < -0.4 is 0 Å². The zero-order valence-corrected chi connectivity index (χ0v) is 15.1. The molecule has 3 fully saturated rings. The Morgan fingerprint density at radius 2 is 1.96 bits per heavy atom. The van der Waals surface area contributed by atoms with E-state index in [2.05, 4.69) is 8.75 Å². The number of aromatic nitrogens is 2. The lowest BCUT2D eigenvalue weighted by molar-refractivity contribution is -0.257. The molecule has 1 aromatic heterocycles. The van der Waals surface area contributed by atoms with Gasteiger partial charge in [-0.05, 0) is 18.8 Å². The van der Waals surface area contributed by atoms with Gasteiger partial charge in [-0.3, -0.25) is 0 Å². The molecule has 0 amide bonds. The number of carbonyl (C=O) groups is 2. The van der Waals surface area contributed by atoms with Crippen LogP contribution in [0.2, 0.25) is 0 Å². The van der Waals surface area contributed by atoms with Crippen LogP contribution in [0.3, 0.4) is 0 Å². The smallest absolute Gasteiger partial charge is 0.400 e. The maximum atomic E-state index is 12.5. The third kappa shape index (κ3) is 2.56. The average molecular weight is 387 g/mol. The summed E-state index contributed by atoms with van der Waals surface area (Å²) in [5, 5.41) is 0.0626. The Hall–Kier alpha value is -1.59. The largest absolute Gasteiger partial charge is 0.421 e. The molecule has 25 heavy (non-hydrogen) atoms. The zero-order valence-electron chi connectivity index (χ0n) is 13.5. The van der Waals surface area contributed by atoms with Gasteiger partial charge in [-0.15, -0.1) is 0 Å². The summed E-state index contributed by atoms with van der Waals surface area (Å²) in [7, 11) is -3.46. The van der Waals surface area contributed by atoms with Gasteiger partial charge >= 0.3 is 17.8 Å². The van der Waals surface area contributed by atoms with Crippen molar-refractivity contribution >= 4 is 33.5 Å². The minimum Gasteiger partial charge on any atom is -0.400 e. The minimum absolute atomic E-state index is 0.0334. The predicted octanol–water partition coefficient (Wildman–Crippen LogP) is 0.285. The van der Waals surface area contributed by atoms with Crippen LogP contribution in [0.1, 0.15) is 37.8 Å². The molecule has 0 N–H and O–H groups in total. The fourth-order valence-electron chi connectivity index (χ4n) is 3.90. The Labute approximate surface area is 148 Å². The van der Waals surface area contributed by atoms with Gasteiger partial charge < -0.3 is 9.47 Å². The van der Waals surface area contributed by atoms with Crippen molar-refractivity contribution in [3.63, 3.8) is 0 Å². The van der Waals surface area contributed by atoms with E-state index in [0.29, 0.717) is 38.0 Å². The van der Waals surface area contributed by atoms with Gasteiger partial charge in [0.1, 0.15) is 0 Å². The van der Waals surface area contributed by atoms with Crippen LogP contribution >= 0.6 is 11.7 Å². The number of fused-ring (bicyclic) bond motifs is 3. The van der Waals surface area contributed by atoms with Crippen LogP contribution in [-0.2, 0) is 28.9 Å². The van der Waals surface area contributed by atoms with Gasteiger partial charge in [-0.2, -0.15) is 8.75 Å². The summed E-state index contributed by atoms with van der Waals surface area (Å²) in [6.07, 6.45) is 1.53. The molecule has 136 valence electrons. The summed E-state index contributed by atoms with van der Waals surface area (Å²) in [6, 6.07) is 0. The van der Waals surface area contributed by atoms with Gasteiger partial charge in [0.25, 0.3) is 0 Å². The molecule has 3 unspecified atom stereocenters. The van der Waals surface area contributed by atoms with Crippen molar-refractivity contribution in [2.45, 2.75) is 43.0 Å². The van der Waals surface area contributed by atoms with E-state index in [1.165, 1.54) is 0 Å². The minimum atomic E-state index is -3.46. The van der Waals surface area contributed by atoms with Crippen LogP contribution in [-0.4, -0.2) is 58.8 Å². The van der Waals surface area contributed by atoms with Gasteiger partial charge in [0, 0.05) is 25.4 Å². The number of carbonyl (C=O) groups excluding carboxylic acids is 2. The van der Waals surface area contributed by atoms with E-state index < -0.39 is 27.7 Å². The molecule has 3 aliphatic heterocycles. The first kappa shape index (κ1) is 16.9. The summed E-state index contributed by atoms with van der Waals surface area (Å²) in [5.74, 6) is -3.26. The lowest BCUT2D eigenvalue weighted by atomic mass is 9.88. The summed E-state index contributed by atoms with van der Waals surface area (Å²) in [6.45, 7) is 2.76. The van der Waals surface area contributed by atoms with Crippen molar-refractivity contribution in [1.82, 2.24) is 13.6 Å². The molecule has 0 saturated carbocycles. The SMILES string of the molecule is CCCS(=O)(=O)c1nsnc1C1CN2CC1CCC21OC(=O)C(=O)O1. The Morgan fingerprint density at radius 1 is 1.24 bits per heavy atom. The summed E-state index contributed by atoms with van der Waals surface area (Å²) in [5.41, 5.74) is 0.485. The molecule has 0 aliphatic carbocycles. The van der Waals surface area contributed by atoms with E-state index in [9.17, 15) is 18.0 Å². The standard InChI is InChI=1S/C14H17N3O6S2/c1-2-5-25(20,21)11-10(15-24-16-11)9-7-17-6-8(9)3-4-14(17)22-12(18)13(19)23-14/h8-9H,2-7H2,1H3. The second-order valence-corrected chi connectivity index (χ2v) is 9.13. The highest BCUT2D eigenvalue weighted by Gasteiger charge is 2.60. The predicted molar refractivity (Wildman–Crippen MR) is 84.2 cm³/mol. The third-order valence-corrected chi connectivity index (χ3v) is 7.52. The summed E-state index contributed by atoms with van der Waals surface area (Å²) >= 11 is 0.896. The highest BCUT2D eigenvalue weighted by atomic mass is 32.2.